The Morgan fingerprint density at radius 3 is 2.55 bits per heavy atom. The van der Waals surface area contributed by atoms with E-state index in [0.717, 1.165) is 11.1 Å². The molecule has 2 aromatic carbocycles. The minimum Gasteiger partial charge on any atom is -0.481 e. The number of nitrogens with zero attached hydrogens (tertiary/aromatic N) is 2. The highest BCUT2D eigenvalue weighted by Gasteiger charge is 2.45. The lowest BCUT2D eigenvalue weighted by Gasteiger charge is -2.40. The fraction of sp³-hybridized carbons (Fsp3) is 0.419. The number of carbonyl (C=O) groups is 1. The standard InChI is InChI=1S/C31H36ClFN4O4S/c1-20-17-34-19-24(37(20)42(39,40)25-12-13-25)11-14-26-28(33)4-3-5-29(26)36-30(38)16-27(21-6-9-23(32)10-7-21)22-8-15-31(41-2)35-18-22/h3-10,15,18,20,24-25,27,34H,11-14,16-17,19H2,1-2H3,(H,36,38). The Bertz CT molecular complexity index is 1500. The normalized spacial score (nSPS) is 20.2. The number of benzene rings is 2. The van der Waals surface area contributed by atoms with Crippen molar-refractivity contribution in [3.63, 3.8) is 0 Å². The highest BCUT2D eigenvalue weighted by molar-refractivity contribution is 7.90. The number of pyridine rings is 1. The second-order valence-corrected chi connectivity index (χ2v) is 13.6. The van der Waals surface area contributed by atoms with Gasteiger partial charge in [-0.05, 0) is 68.0 Å². The van der Waals surface area contributed by atoms with Gasteiger partial charge in [0.25, 0.3) is 0 Å². The summed E-state index contributed by atoms with van der Waals surface area (Å²) in [5, 5.41) is 6.52. The summed E-state index contributed by atoms with van der Waals surface area (Å²) in [5.74, 6) is -0.583. The van der Waals surface area contributed by atoms with Crippen molar-refractivity contribution in [3.05, 3.63) is 88.3 Å². The number of rotatable bonds is 11. The molecule has 2 N–H and O–H groups in total. The second-order valence-electron chi connectivity index (χ2n) is 11.0. The number of sulfonamides is 1. The molecule has 8 nitrogen and oxygen atoms in total. The number of aromatic nitrogens is 1. The van der Waals surface area contributed by atoms with Crippen LogP contribution in [0.5, 0.6) is 5.88 Å². The topological polar surface area (TPSA) is 101 Å². The van der Waals surface area contributed by atoms with Crippen molar-refractivity contribution in [2.24, 2.45) is 0 Å². The molecule has 0 spiro atoms. The van der Waals surface area contributed by atoms with Gasteiger partial charge in [-0.25, -0.2) is 17.8 Å². The summed E-state index contributed by atoms with van der Waals surface area (Å²) in [7, 11) is -1.86. The Morgan fingerprint density at radius 2 is 1.88 bits per heavy atom. The fourth-order valence-corrected chi connectivity index (χ4v) is 8.07. The van der Waals surface area contributed by atoms with E-state index in [-0.39, 0.29) is 42.0 Å². The second kappa shape index (κ2) is 13.1. The minimum absolute atomic E-state index is 0.0864. The minimum atomic E-state index is -3.40. The Labute approximate surface area is 251 Å². The van der Waals surface area contributed by atoms with Gasteiger partial charge >= 0.3 is 0 Å². The van der Waals surface area contributed by atoms with Crippen molar-refractivity contribution in [2.45, 2.75) is 62.3 Å². The summed E-state index contributed by atoms with van der Waals surface area (Å²) in [6.45, 7) is 3.00. The zero-order valence-electron chi connectivity index (χ0n) is 23.7. The van der Waals surface area contributed by atoms with Gasteiger partial charge in [0.2, 0.25) is 21.8 Å². The first-order valence-corrected chi connectivity index (χ1v) is 16.1. The third-order valence-electron chi connectivity index (χ3n) is 8.01. The predicted octanol–water partition coefficient (Wildman–Crippen LogP) is 5.13. The maximum Gasteiger partial charge on any atom is 0.225 e. The first-order valence-electron chi connectivity index (χ1n) is 14.2. The van der Waals surface area contributed by atoms with Crippen LogP contribution in [0.2, 0.25) is 5.02 Å². The molecule has 5 rings (SSSR count). The van der Waals surface area contributed by atoms with Gasteiger partial charge in [0.15, 0.2) is 0 Å². The van der Waals surface area contributed by atoms with Gasteiger partial charge in [0, 0.05) is 66.0 Å². The number of hydrogen-bond donors (Lipinski definition) is 2. The maximum absolute atomic E-state index is 15.2. The van der Waals surface area contributed by atoms with E-state index in [0.29, 0.717) is 54.5 Å². The van der Waals surface area contributed by atoms with Gasteiger partial charge in [-0.15, -0.1) is 0 Å². The smallest absolute Gasteiger partial charge is 0.225 e. The molecular formula is C31H36ClFN4O4S. The highest BCUT2D eigenvalue weighted by atomic mass is 35.5. The zero-order chi connectivity index (χ0) is 29.9. The number of anilines is 1. The first kappa shape index (κ1) is 30.4. The van der Waals surface area contributed by atoms with E-state index in [2.05, 4.69) is 15.6 Å². The monoisotopic (exact) mass is 614 g/mol. The quantitative estimate of drug-likeness (QED) is 0.311. The summed E-state index contributed by atoms with van der Waals surface area (Å²) in [6, 6.07) is 15.1. The largest absolute Gasteiger partial charge is 0.481 e. The van der Waals surface area contributed by atoms with Crippen LogP contribution in [0.3, 0.4) is 0 Å². The fourth-order valence-electron chi connectivity index (χ4n) is 5.69. The van der Waals surface area contributed by atoms with Crippen LogP contribution >= 0.6 is 11.6 Å². The van der Waals surface area contributed by atoms with Gasteiger partial charge in [-0.1, -0.05) is 35.9 Å². The molecule has 1 aliphatic carbocycles. The van der Waals surface area contributed by atoms with Crippen LogP contribution in [0.4, 0.5) is 10.1 Å². The van der Waals surface area contributed by atoms with E-state index in [1.807, 2.05) is 25.1 Å². The summed E-state index contributed by atoms with van der Waals surface area (Å²) >= 11 is 6.11. The molecule has 1 amide bonds. The van der Waals surface area contributed by atoms with Crippen LogP contribution in [0.1, 0.15) is 55.2 Å². The molecule has 3 atom stereocenters. The molecule has 1 saturated heterocycles. The maximum atomic E-state index is 15.2. The number of carbonyl (C=O) groups excluding carboxylic acids is 1. The third kappa shape index (κ3) is 6.94. The van der Waals surface area contributed by atoms with Crippen molar-refractivity contribution >= 4 is 33.2 Å². The van der Waals surface area contributed by atoms with E-state index >= 15 is 4.39 Å². The zero-order valence-corrected chi connectivity index (χ0v) is 25.3. The molecule has 0 radical (unpaired) electrons. The number of piperazine rings is 1. The molecule has 11 heteroatoms. The molecule has 2 fully saturated rings. The molecule has 3 aromatic rings. The number of halogens is 2. The molecular weight excluding hydrogens is 579 g/mol. The Hall–Kier alpha value is -3.05. The molecule has 1 aliphatic heterocycles. The lowest BCUT2D eigenvalue weighted by Crippen LogP contribution is -2.59. The van der Waals surface area contributed by atoms with Crippen LogP contribution in [0.15, 0.2) is 60.8 Å². The first-order chi connectivity index (χ1) is 20.2. The summed E-state index contributed by atoms with van der Waals surface area (Å²) < 4.78 is 48.4. The van der Waals surface area contributed by atoms with Crippen molar-refractivity contribution in [1.82, 2.24) is 14.6 Å². The molecule has 3 unspecified atom stereocenters. The lowest BCUT2D eigenvalue weighted by molar-refractivity contribution is -0.116. The SMILES string of the molecule is COc1ccc(C(CC(=O)Nc2cccc(F)c2CCC2CNCC(C)N2S(=O)(=O)C2CC2)c2ccc(Cl)cc2)cn1. The van der Waals surface area contributed by atoms with Crippen molar-refractivity contribution in [1.29, 1.82) is 0 Å². The Kier molecular flexibility index (Phi) is 9.47. The van der Waals surface area contributed by atoms with Crippen molar-refractivity contribution in [2.75, 3.05) is 25.5 Å². The number of hydrogen-bond acceptors (Lipinski definition) is 6. The Balaban J connectivity index is 1.33. The van der Waals surface area contributed by atoms with Gasteiger partial charge in [0.1, 0.15) is 5.82 Å². The molecule has 42 heavy (non-hydrogen) atoms. The number of ether oxygens (including phenoxy) is 1. The Morgan fingerprint density at radius 1 is 1.14 bits per heavy atom. The van der Waals surface area contributed by atoms with Crippen LogP contribution in [0, 0.1) is 5.82 Å². The molecule has 2 aliphatic rings. The van der Waals surface area contributed by atoms with Gasteiger partial charge in [-0.3, -0.25) is 4.79 Å². The van der Waals surface area contributed by atoms with Crippen molar-refractivity contribution in [3.8, 4) is 5.88 Å². The summed E-state index contributed by atoms with van der Waals surface area (Å²) in [4.78, 5) is 17.7. The number of methoxy groups -OCH3 is 1. The van der Waals surface area contributed by atoms with Gasteiger partial charge in [0.05, 0.1) is 12.4 Å². The van der Waals surface area contributed by atoms with Gasteiger partial charge < -0.3 is 15.4 Å². The molecule has 2 heterocycles. The molecule has 0 bridgehead atoms. The van der Waals surface area contributed by atoms with E-state index < -0.39 is 15.8 Å². The molecule has 1 saturated carbocycles. The van der Waals surface area contributed by atoms with E-state index in [1.54, 1.807) is 40.8 Å². The third-order valence-corrected chi connectivity index (χ3v) is 10.8. The van der Waals surface area contributed by atoms with Crippen LogP contribution in [-0.2, 0) is 21.2 Å². The van der Waals surface area contributed by atoms with E-state index in [9.17, 15) is 13.2 Å². The number of nitrogens with one attached hydrogen (secondary N) is 2. The molecule has 1 aromatic heterocycles. The highest BCUT2D eigenvalue weighted by Crippen LogP contribution is 2.35. The average molecular weight is 615 g/mol. The van der Waals surface area contributed by atoms with E-state index in [4.69, 9.17) is 16.3 Å². The summed E-state index contributed by atoms with van der Waals surface area (Å²) in [6.07, 6.45) is 3.86. The lowest BCUT2D eigenvalue weighted by atomic mass is 9.89. The van der Waals surface area contributed by atoms with Crippen LogP contribution in [-0.4, -0.2) is 61.1 Å². The van der Waals surface area contributed by atoms with Crippen LogP contribution < -0.4 is 15.4 Å². The van der Waals surface area contributed by atoms with Gasteiger partial charge in [-0.2, -0.15) is 4.31 Å². The number of amides is 1. The van der Waals surface area contributed by atoms with Crippen LogP contribution in [0.25, 0.3) is 0 Å². The van der Waals surface area contributed by atoms with E-state index in [1.165, 1.54) is 13.2 Å². The average Bonchev–Trinajstić information content (AvgIpc) is 3.83. The molecule has 224 valence electrons. The predicted molar refractivity (Wildman–Crippen MR) is 162 cm³/mol. The van der Waals surface area contributed by atoms with Crippen molar-refractivity contribution < 1.29 is 22.3 Å². The summed E-state index contributed by atoms with van der Waals surface area (Å²) in [5.41, 5.74) is 2.46.